The average molecular weight is 283 g/mol. The highest BCUT2D eigenvalue weighted by Gasteiger charge is 2.13. The number of fused-ring (bicyclic) bond motifs is 1. The molecule has 0 radical (unpaired) electrons. The van der Waals surface area contributed by atoms with E-state index in [1.54, 1.807) is 6.92 Å². The Morgan fingerprint density at radius 2 is 2.05 bits per heavy atom. The van der Waals surface area contributed by atoms with Crippen molar-refractivity contribution in [2.45, 2.75) is 13.5 Å². The smallest absolute Gasteiger partial charge is 0.288 e. The zero-order valence-corrected chi connectivity index (χ0v) is 11.3. The van der Waals surface area contributed by atoms with E-state index >= 15 is 0 Å². The van der Waals surface area contributed by atoms with Gasteiger partial charge in [0.15, 0.2) is 0 Å². The lowest BCUT2D eigenvalue weighted by Gasteiger charge is -2.02. The highest BCUT2D eigenvalue weighted by atomic mass is 16.2. The number of aromatic amines is 1. The van der Waals surface area contributed by atoms with Gasteiger partial charge in [0.05, 0.1) is 0 Å². The van der Waals surface area contributed by atoms with E-state index in [2.05, 4.69) is 20.4 Å². The molecule has 0 spiro atoms. The molecule has 0 bridgehead atoms. The number of aromatic nitrogens is 4. The molecule has 7 heteroatoms. The van der Waals surface area contributed by atoms with Crippen LogP contribution in [0.3, 0.4) is 0 Å². The van der Waals surface area contributed by atoms with Crippen molar-refractivity contribution >= 4 is 11.7 Å². The maximum absolute atomic E-state index is 12.0. The van der Waals surface area contributed by atoms with Crippen molar-refractivity contribution in [3.63, 3.8) is 0 Å². The molecule has 2 aromatic heterocycles. The van der Waals surface area contributed by atoms with E-state index in [1.165, 1.54) is 6.07 Å². The molecule has 3 aromatic rings. The Morgan fingerprint density at radius 1 is 1.29 bits per heavy atom. The number of hydrogen-bond acceptors (Lipinski definition) is 4. The first-order valence-electron chi connectivity index (χ1n) is 6.42. The van der Waals surface area contributed by atoms with Crippen LogP contribution >= 0.6 is 0 Å². The highest BCUT2D eigenvalue weighted by molar-refractivity contribution is 5.90. The van der Waals surface area contributed by atoms with Crippen molar-refractivity contribution in [1.29, 1.82) is 0 Å². The topological polar surface area (TPSA) is 92.1 Å². The lowest BCUT2D eigenvalue weighted by atomic mass is 10.2. The van der Waals surface area contributed by atoms with E-state index in [1.807, 2.05) is 30.3 Å². The quantitative estimate of drug-likeness (QED) is 0.738. The molecule has 3 rings (SSSR count). The summed E-state index contributed by atoms with van der Waals surface area (Å²) in [5, 5.41) is 5.38. The summed E-state index contributed by atoms with van der Waals surface area (Å²) in [7, 11) is 0. The molecule has 106 valence electrons. The maximum atomic E-state index is 12.0. The molecule has 0 atom stereocenters. The summed E-state index contributed by atoms with van der Waals surface area (Å²) in [6, 6.07) is 10.9. The van der Waals surface area contributed by atoms with Crippen LogP contribution in [0.5, 0.6) is 0 Å². The zero-order valence-electron chi connectivity index (χ0n) is 11.3. The van der Waals surface area contributed by atoms with Gasteiger partial charge in [0.2, 0.25) is 5.82 Å². The summed E-state index contributed by atoms with van der Waals surface area (Å²) in [5.74, 6) is -0.146. The SMILES string of the molecule is Cc1cc(=O)n2[nH]c(C(=O)NCc3ccccc3)nc2n1. The molecule has 0 saturated heterocycles. The summed E-state index contributed by atoms with van der Waals surface area (Å²) >= 11 is 0. The first kappa shape index (κ1) is 13.0. The number of H-pyrrole nitrogens is 1. The minimum atomic E-state index is -0.388. The second-order valence-corrected chi connectivity index (χ2v) is 4.61. The van der Waals surface area contributed by atoms with E-state index in [0.29, 0.717) is 12.2 Å². The second kappa shape index (κ2) is 5.20. The Hall–Kier alpha value is -2.96. The number of nitrogens with one attached hydrogen (secondary N) is 2. The molecule has 1 amide bonds. The summed E-state index contributed by atoms with van der Waals surface area (Å²) in [6.07, 6.45) is 0. The Labute approximate surface area is 119 Å². The van der Waals surface area contributed by atoms with E-state index < -0.39 is 0 Å². The Balaban J connectivity index is 1.82. The van der Waals surface area contributed by atoms with E-state index in [0.717, 1.165) is 10.1 Å². The zero-order chi connectivity index (χ0) is 14.8. The fraction of sp³-hybridized carbons (Fsp3) is 0.143. The van der Waals surface area contributed by atoms with Crippen LogP contribution in [0.2, 0.25) is 0 Å². The molecule has 0 aliphatic heterocycles. The van der Waals surface area contributed by atoms with Crippen LogP contribution in [-0.2, 0) is 6.54 Å². The van der Waals surface area contributed by atoms with Gasteiger partial charge in [-0.15, -0.1) is 0 Å². The molecular weight excluding hydrogens is 270 g/mol. The van der Waals surface area contributed by atoms with Crippen molar-refractivity contribution < 1.29 is 4.79 Å². The number of aryl methyl sites for hydroxylation is 1. The van der Waals surface area contributed by atoms with Gasteiger partial charge in [-0.05, 0) is 12.5 Å². The van der Waals surface area contributed by atoms with Gasteiger partial charge in [-0.3, -0.25) is 14.7 Å². The number of benzene rings is 1. The van der Waals surface area contributed by atoms with Crippen LogP contribution in [0.25, 0.3) is 5.78 Å². The Kier molecular flexibility index (Phi) is 3.23. The number of nitrogens with zero attached hydrogens (tertiary/aromatic N) is 3. The molecule has 1 aromatic carbocycles. The van der Waals surface area contributed by atoms with Gasteiger partial charge in [0.25, 0.3) is 17.2 Å². The predicted molar refractivity (Wildman–Crippen MR) is 76.0 cm³/mol. The van der Waals surface area contributed by atoms with Gasteiger partial charge < -0.3 is 5.32 Å². The third-order valence-electron chi connectivity index (χ3n) is 2.97. The standard InChI is InChI=1S/C14H13N5O2/c1-9-7-11(20)19-14(16-9)17-12(18-19)13(21)15-8-10-5-3-2-4-6-10/h2-7H,8H2,1H3,(H,15,21)(H,16,17,18). The van der Waals surface area contributed by atoms with Crippen LogP contribution in [-0.4, -0.2) is 25.5 Å². The lowest BCUT2D eigenvalue weighted by molar-refractivity contribution is 0.0940. The largest absolute Gasteiger partial charge is 0.345 e. The van der Waals surface area contributed by atoms with Gasteiger partial charge in [0, 0.05) is 18.3 Å². The van der Waals surface area contributed by atoms with Crippen LogP contribution in [0.4, 0.5) is 0 Å². The number of amides is 1. The van der Waals surface area contributed by atoms with Gasteiger partial charge in [-0.25, -0.2) is 4.98 Å². The average Bonchev–Trinajstić information content (AvgIpc) is 2.90. The molecule has 2 heterocycles. The first-order chi connectivity index (χ1) is 10.1. The summed E-state index contributed by atoms with van der Waals surface area (Å²) in [4.78, 5) is 31.9. The van der Waals surface area contributed by atoms with Crippen LogP contribution in [0.15, 0.2) is 41.2 Å². The second-order valence-electron chi connectivity index (χ2n) is 4.61. The van der Waals surface area contributed by atoms with Crippen LogP contribution < -0.4 is 10.9 Å². The minimum absolute atomic E-state index is 0.0566. The van der Waals surface area contributed by atoms with E-state index in [-0.39, 0.29) is 23.1 Å². The Morgan fingerprint density at radius 3 is 2.81 bits per heavy atom. The van der Waals surface area contributed by atoms with Gasteiger partial charge in [-0.1, -0.05) is 30.3 Å². The Bertz CT molecular complexity index is 851. The third kappa shape index (κ3) is 2.66. The van der Waals surface area contributed by atoms with Crippen molar-refractivity contribution in [2.24, 2.45) is 0 Å². The predicted octanol–water partition coefficient (Wildman–Crippen LogP) is 0.656. The monoisotopic (exact) mass is 283 g/mol. The molecule has 7 nitrogen and oxygen atoms in total. The summed E-state index contributed by atoms with van der Waals surface area (Å²) < 4.78 is 1.14. The number of hydrogen-bond donors (Lipinski definition) is 2. The van der Waals surface area contributed by atoms with E-state index in [4.69, 9.17) is 0 Å². The normalized spacial score (nSPS) is 10.7. The van der Waals surface area contributed by atoms with Crippen LogP contribution in [0.1, 0.15) is 21.9 Å². The van der Waals surface area contributed by atoms with Gasteiger partial charge >= 0.3 is 0 Å². The van der Waals surface area contributed by atoms with Crippen LogP contribution in [0, 0.1) is 6.92 Å². The van der Waals surface area contributed by atoms with Gasteiger partial charge in [0.1, 0.15) is 0 Å². The fourth-order valence-corrected chi connectivity index (χ4v) is 1.96. The molecule has 0 fully saturated rings. The maximum Gasteiger partial charge on any atom is 0.288 e. The van der Waals surface area contributed by atoms with Gasteiger partial charge in [-0.2, -0.15) is 9.50 Å². The van der Waals surface area contributed by atoms with E-state index in [9.17, 15) is 9.59 Å². The molecule has 21 heavy (non-hydrogen) atoms. The first-order valence-corrected chi connectivity index (χ1v) is 6.42. The number of rotatable bonds is 3. The lowest BCUT2D eigenvalue weighted by Crippen LogP contribution is -2.24. The summed E-state index contributed by atoms with van der Waals surface area (Å²) in [5.41, 5.74) is 1.24. The van der Waals surface area contributed by atoms with Crippen molar-refractivity contribution in [1.82, 2.24) is 24.9 Å². The van der Waals surface area contributed by atoms with Crippen molar-refractivity contribution in [3.05, 3.63) is 63.8 Å². The molecule has 0 unspecified atom stereocenters. The molecule has 0 aliphatic rings. The van der Waals surface area contributed by atoms with Crippen molar-refractivity contribution in [3.8, 4) is 0 Å². The molecule has 0 aliphatic carbocycles. The summed E-state index contributed by atoms with van der Waals surface area (Å²) in [6.45, 7) is 2.09. The minimum Gasteiger partial charge on any atom is -0.345 e. The third-order valence-corrected chi connectivity index (χ3v) is 2.97. The molecule has 2 N–H and O–H groups in total. The number of carbonyl (C=O) groups excluding carboxylic acids is 1. The van der Waals surface area contributed by atoms with Crippen molar-refractivity contribution in [2.75, 3.05) is 0 Å². The fourth-order valence-electron chi connectivity index (χ4n) is 1.96. The molecular formula is C14H13N5O2. The number of carbonyl (C=O) groups is 1. The highest BCUT2D eigenvalue weighted by Crippen LogP contribution is 2.00. The molecule has 0 saturated carbocycles.